The predicted molar refractivity (Wildman–Crippen MR) is 158 cm³/mol. The van der Waals surface area contributed by atoms with E-state index in [-0.39, 0.29) is 31.4 Å². The van der Waals surface area contributed by atoms with Crippen molar-refractivity contribution in [2.75, 3.05) is 59.0 Å². The number of carbonyl (C=O) groups is 3. The van der Waals surface area contributed by atoms with Gasteiger partial charge in [-0.2, -0.15) is 4.31 Å². The van der Waals surface area contributed by atoms with E-state index in [1.165, 1.54) is 28.7 Å². The average molecular weight is 676 g/mol. The van der Waals surface area contributed by atoms with E-state index >= 15 is 8.78 Å². The van der Waals surface area contributed by atoms with Crippen LogP contribution in [0.5, 0.6) is 5.75 Å². The molecule has 0 saturated carbocycles. The van der Waals surface area contributed by atoms with Crippen molar-refractivity contribution in [2.45, 2.75) is 25.2 Å². The molecule has 1 atom stereocenters. The quantitative estimate of drug-likeness (QED) is 0.238. The number of hydrogen-bond donors (Lipinski definition) is 2. The number of rotatable bonds is 13. The molecule has 0 radical (unpaired) electrons. The number of hydrogen-bond acceptors (Lipinski definition) is 9. The van der Waals surface area contributed by atoms with Crippen LogP contribution < -0.4 is 10.2 Å². The van der Waals surface area contributed by atoms with E-state index in [9.17, 15) is 22.8 Å². The van der Waals surface area contributed by atoms with Gasteiger partial charge in [0.1, 0.15) is 5.76 Å². The summed E-state index contributed by atoms with van der Waals surface area (Å²) in [5.41, 5.74) is 1.32. The molecule has 3 amide bonds. The third kappa shape index (κ3) is 9.46. The van der Waals surface area contributed by atoms with Crippen LogP contribution in [0.3, 0.4) is 0 Å². The number of carbonyl (C=O) groups excluding carboxylic acids is 3. The zero-order valence-corrected chi connectivity index (χ0v) is 26.5. The molecule has 2 aliphatic rings. The molecule has 45 heavy (non-hydrogen) atoms. The lowest BCUT2D eigenvalue weighted by atomic mass is 10.0. The summed E-state index contributed by atoms with van der Waals surface area (Å²) in [4.78, 5) is 40.5. The second kappa shape index (κ2) is 16.1. The van der Waals surface area contributed by atoms with Crippen molar-refractivity contribution in [3.05, 3.63) is 59.5 Å². The van der Waals surface area contributed by atoms with Crippen molar-refractivity contribution in [1.82, 2.24) is 24.5 Å². The second-order valence-electron chi connectivity index (χ2n) is 10.2. The number of sulfonamides is 1. The molecule has 1 heterocycles. The second-order valence-corrected chi connectivity index (χ2v) is 12.6. The van der Waals surface area contributed by atoms with Crippen LogP contribution in [-0.2, 0) is 24.3 Å². The summed E-state index contributed by atoms with van der Waals surface area (Å²) in [6, 6.07) is 1.11. The van der Waals surface area contributed by atoms with Crippen molar-refractivity contribution in [3.8, 4) is 5.75 Å². The molecule has 2 N–H and O–H groups in total. The largest absolute Gasteiger partial charge is 0.455 e. The van der Waals surface area contributed by atoms with Crippen LogP contribution in [0.15, 0.2) is 52.8 Å². The fourth-order valence-corrected chi connectivity index (χ4v) is 6.29. The Hall–Kier alpha value is -3.57. The molecular formula is C28H36ClF2N5O8S. The van der Waals surface area contributed by atoms with E-state index in [1.807, 2.05) is 0 Å². The van der Waals surface area contributed by atoms with E-state index in [2.05, 4.69) is 6.58 Å². The van der Waals surface area contributed by atoms with E-state index < -0.39 is 63.3 Å². The van der Waals surface area contributed by atoms with Crippen molar-refractivity contribution < 1.29 is 46.3 Å². The lowest BCUT2D eigenvalue weighted by molar-refractivity contribution is -0.130. The van der Waals surface area contributed by atoms with Gasteiger partial charge in [0, 0.05) is 50.2 Å². The van der Waals surface area contributed by atoms with Crippen LogP contribution in [0, 0.1) is 17.6 Å². The first-order valence-corrected chi connectivity index (χ1v) is 15.8. The highest BCUT2D eigenvalue weighted by atomic mass is 35.5. The van der Waals surface area contributed by atoms with Gasteiger partial charge in [-0.25, -0.2) is 27.5 Å². The molecule has 1 fully saturated rings. The molecule has 1 aromatic rings. The summed E-state index contributed by atoms with van der Waals surface area (Å²) < 4.78 is 68.0. The van der Waals surface area contributed by atoms with Gasteiger partial charge in [-0.15, -0.1) is 0 Å². The van der Waals surface area contributed by atoms with Crippen LogP contribution in [0.4, 0.5) is 13.6 Å². The lowest BCUT2D eigenvalue weighted by Crippen LogP contribution is -2.51. The van der Waals surface area contributed by atoms with Crippen LogP contribution >= 0.6 is 11.6 Å². The Morgan fingerprint density at radius 1 is 1.16 bits per heavy atom. The van der Waals surface area contributed by atoms with Gasteiger partial charge in [0.15, 0.2) is 17.4 Å². The summed E-state index contributed by atoms with van der Waals surface area (Å²) in [6.07, 6.45) is 4.12. The summed E-state index contributed by atoms with van der Waals surface area (Å²) in [7, 11) is -4.74. The number of ether oxygens (including phenoxy) is 2. The van der Waals surface area contributed by atoms with Crippen molar-refractivity contribution in [1.29, 1.82) is 0 Å². The zero-order chi connectivity index (χ0) is 33.3. The molecule has 1 saturated heterocycles. The minimum Gasteiger partial charge on any atom is -0.455 e. The molecule has 1 aliphatic carbocycles. The van der Waals surface area contributed by atoms with E-state index in [4.69, 9.17) is 26.3 Å². The first-order valence-electron chi connectivity index (χ1n) is 14.0. The maximum atomic E-state index is 15.1. The van der Waals surface area contributed by atoms with Gasteiger partial charge in [-0.05, 0) is 43.8 Å². The minimum absolute atomic E-state index is 0.0680. The number of amides is 3. The van der Waals surface area contributed by atoms with E-state index in [1.54, 1.807) is 18.7 Å². The highest BCUT2D eigenvalue weighted by Crippen LogP contribution is 2.33. The number of allylic oxidation sites excluding steroid dienone is 4. The standard InChI is InChI=1S/C28H36ClF2N5O8S/c1-4-34(26(38)18-33-8-10-35(11-9-33)28(39)43-5-2)12-13-36(17-25(37)32-40)45(41,42)21-15-22(30)27(23(31)16-21)44-24-7-6-20(29)14-19(24)3/h4,6-7,15-16,19,40H,1,5,8-14,17-18H2,2-3H3,(H,32,37). The van der Waals surface area contributed by atoms with Crippen LogP contribution in [0.2, 0.25) is 0 Å². The number of hydroxylamine groups is 1. The summed E-state index contributed by atoms with van der Waals surface area (Å²) >= 11 is 5.98. The Balaban J connectivity index is 1.73. The van der Waals surface area contributed by atoms with Gasteiger partial charge >= 0.3 is 6.09 Å². The highest BCUT2D eigenvalue weighted by molar-refractivity contribution is 7.89. The number of nitrogens with one attached hydrogen (secondary N) is 1. The lowest BCUT2D eigenvalue weighted by Gasteiger charge is -2.34. The fourth-order valence-electron chi connectivity index (χ4n) is 4.58. The van der Waals surface area contributed by atoms with Crippen LogP contribution in [0.25, 0.3) is 0 Å². The molecule has 3 rings (SSSR count). The van der Waals surface area contributed by atoms with Gasteiger partial charge in [0.2, 0.25) is 15.9 Å². The summed E-state index contributed by atoms with van der Waals surface area (Å²) in [5, 5.41) is 9.56. The summed E-state index contributed by atoms with van der Waals surface area (Å²) in [5.74, 6) is -5.06. The average Bonchev–Trinajstić information content (AvgIpc) is 2.99. The molecule has 13 nitrogen and oxygen atoms in total. The molecule has 1 aliphatic heterocycles. The maximum Gasteiger partial charge on any atom is 0.409 e. The van der Waals surface area contributed by atoms with Crippen LogP contribution in [0.1, 0.15) is 20.3 Å². The molecule has 0 spiro atoms. The maximum absolute atomic E-state index is 15.1. The normalized spacial score (nSPS) is 17.3. The van der Waals surface area contributed by atoms with Gasteiger partial charge in [-0.3, -0.25) is 19.7 Å². The van der Waals surface area contributed by atoms with Crippen molar-refractivity contribution in [3.63, 3.8) is 0 Å². The summed E-state index contributed by atoms with van der Waals surface area (Å²) in [6.45, 7) is 7.00. The first kappa shape index (κ1) is 35.9. The van der Waals surface area contributed by atoms with Gasteiger partial charge in [-0.1, -0.05) is 25.1 Å². The molecular weight excluding hydrogens is 640 g/mol. The molecule has 0 bridgehead atoms. The first-order chi connectivity index (χ1) is 21.3. The van der Waals surface area contributed by atoms with Crippen molar-refractivity contribution in [2.24, 2.45) is 5.92 Å². The van der Waals surface area contributed by atoms with E-state index in [0.29, 0.717) is 54.1 Å². The number of halogens is 3. The Morgan fingerprint density at radius 3 is 2.36 bits per heavy atom. The Bertz CT molecular complexity index is 1430. The predicted octanol–water partition coefficient (Wildman–Crippen LogP) is 2.63. The van der Waals surface area contributed by atoms with Gasteiger partial charge < -0.3 is 19.3 Å². The SMILES string of the molecule is C=CN(CCN(CC(=O)NO)S(=O)(=O)c1cc(F)c(OC2=CC=C(Cl)CC2C)c(F)c1)C(=O)CN1CCN(C(=O)OCC)CC1. The van der Waals surface area contributed by atoms with Gasteiger partial charge in [0.05, 0.1) is 24.6 Å². The number of nitrogens with zero attached hydrogens (tertiary/aromatic N) is 4. The Labute approximate surface area is 265 Å². The van der Waals surface area contributed by atoms with Crippen LogP contribution in [-0.4, -0.2) is 110 Å². The number of benzene rings is 1. The Kier molecular flexibility index (Phi) is 12.9. The molecule has 17 heteroatoms. The van der Waals surface area contributed by atoms with Crippen molar-refractivity contribution >= 4 is 39.5 Å². The molecule has 1 aromatic carbocycles. The van der Waals surface area contributed by atoms with E-state index in [0.717, 1.165) is 4.90 Å². The minimum atomic E-state index is -4.74. The highest BCUT2D eigenvalue weighted by Gasteiger charge is 2.31. The zero-order valence-electron chi connectivity index (χ0n) is 24.9. The smallest absolute Gasteiger partial charge is 0.409 e. The molecule has 1 unspecified atom stereocenters. The fraction of sp³-hybridized carbons (Fsp3) is 0.464. The number of piperazine rings is 1. The monoisotopic (exact) mass is 675 g/mol. The topological polar surface area (TPSA) is 149 Å². The molecule has 0 aromatic heterocycles. The molecule has 248 valence electrons. The third-order valence-electron chi connectivity index (χ3n) is 7.08. The Morgan fingerprint density at radius 2 is 1.80 bits per heavy atom. The van der Waals surface area contributed by atoms with Gasteiger partial charge in [0.25, 0.3) is 5.91 Å². The third-order valence-corrected chi connectivity index (χ3v) is 9.18.